The summed E-state index contributed by atoms with van der Waals surface area (Å²) >= 11 is 12.9. The Morgan fingerprint density at radius 3 is 2.57 bits per heavy atom. The Hall–Kier alpha value is -3.86. The molecule has 0 spiro atoms. The van der Waals surface area contributed by atoms with Crippen molar-refractivity contribution in [2.45, 2.75) is 56.3 Å². The Kier molecular flexibility index (Phi) is 8.86. The first kappa shape index (κ1) is 29.6. The topological polar surface area (TPSA) is 132 Å². The summed E-state index contributed by atoms with van der Waals surface area (Å²) < 4.78 is 14.0. The number of halogens is 3. The third-order valence-corrected chi connectivity index (χ3v) is 8.34. The zero-order valence-corrected chi connectivity index (χ0v) is 23.7. The maximum atomic E-state index is 14.1. The van der Waals surface area contributed by atoms with E-state index in [1.54, 1.807) is 47.4 Å². The molecule has 0 aromatic heterocycles. The second kappa shape index (κ2) is 12.6. The lowest BCUT2D eigenvalue weighted by Crippen LogP contribution is -2.55. The van der Waals surface area contributed by atoms with Gasteiger partial charge in [0.2, 0.25) is 0 Å². The molecule has 2 aliphatic rings. The Labute approximate surface area is 251 Å². The van der Waals surface area contributed by atoms with Crippen LogP contribution in [0.2, 0.25) is 10.0 Å². The van der Waals surface area contributed by atoms with Gasteiger partial charge >= 0.3 is 5.97 Å². The van der Waals surface area contributed by atoms with E-state index in [0.29, 0.717) is 34.6 Å². The van der Waals surface area contributed by atoms with Gasteiger partial charge in [0.25, 0.3) is 11.8 Å². The molecule has 12 heteroatoms. The van der Waals surface area contributed by atoms with Crippen molar-refractivity contribution < 1.29 is 28.7 Å². The van der Waals surface area contributed by atoms with Crippen molar-refractivity contribution in [2.24, 2.45) is 5.11 Å². The number of rotatable bonds is 8. The first-order valence-corrected chi connectivity index (χ1v) is 14.1. The molecule has 0 unspecified atom stereocenters. The molecule has 0 radical (unpaired) electrons. The summed E-state index contributed by atoms with van der Waals surface area (Å²) in [5.74, 6) is -3.94. The highest BCUT2D eigenvalue weighted by atomic mass is 35.5. The van der Waals surface area contributed by atoms with E-state index in [4.69, 9.17) is 33.6 Å². The molecule has 0 saturated heterocycles. The van der Waals surface area contributed by atoms with Crippen LogP contribution in [0.5, 0.6) is 0 Å². The van der Waals surface area contributed by atoms with Crippen molar-refractivity contribution in [1.29, 1.82) is 5.53 Å². The predicted octanol–water partition coefficient (Wildman–Crippen LogP) is 6.70. The van der Waals surface area contributed by atoms with E-state index >= 15 is 0 Å². The first-order chi connectivity index (χ1) is 20.2. The number of nitrogens with zero attached hydrogens (tertiary/aromatic N) is 2. The van der Waals surface area contributed by atoms with Gasteiger partial charge in [0.15, 0.2) is 0 Å². The molecule has 0 bridgehead atoms. The highest BCUT2D eigenvalue weighted by Gasteiger charge is 2.49. The second-order valence-corrected chi connectivity index (χ2v) is 11.2. The number of hydroxylamine groups is 1. The van der Waals surface area contributed by atoms with Crippen molar-refractivity contribution in [3.63, 3.8) is 0 Å². The van der Waals surface area contributed by atoms with Crippen molar-refractivity contribution in [2.75, 3.05) is 0 Å². The molecule has 3 aromatic carbocycles. The number of carbonyl (C=O) groups excluding carboxylic acids is 2. The number of amides is 2. The molecule has 5 rings (SSSR count). The van der Waals surface area contributed by atoms with Crippen LogP contribution in [0, 0.1) is 11.3 Å². The van der Waals surface area contributed by atoms with Gasteiger partial charge in [-0.2, -0.15) is 5.11 Å². The van der Waals surface area contributed by atoms with Gasteiger partial charge in [-0.1, -0.05) is 60.3 Å². The van der Waals surface area contributed by atoms with Crippen LogP contribution in [0.4, 0.5) is 4.39 Å². The first-order valence-electron chi connectivity index (χ1n) is 13.4. The molecular weight excluding hydrogens is 586 g/mol. The molecule has 4 atom stereocenters. The van der Waals surface area contributed by atoms with Crippen LogP contribution >= 0.6 is 23.2 Å². The third-order valence-electron chi connectivity index (χ3n) is 7.77. The lowest BCUT2D eigenvalue weighted by Gasteiger charge is -2.48. The van der Waals surface area contributed by atoms with E-state index < -0.39 is 41.7 Å². The normalized spacial score (nSPS) is 21.9. The monoisotopic (exact) mass is 612 g/mol. The van der Waals surface area contributed by atoms with E-state index in [2.05, 4.69) is 10.6 Å². The largest absolute Gasteiger partial charge is 0.478 e. The minimum absolute atomic E-state index is 0.202. The maximum absolute atomic E-state index is 14.1. The molecule has 1 fully saturated rings. The summed E-state index contributed by atoms with van der Waals surface area (Å²) in [5.41, 5.74) is 11.5. The summed E-state index contributed by atoms with van der Waals surface area (Å²) in [6, 6.07) is 13.1. The van der Waals surface area contributed by atoms with Crippen molar-refractivity contribution >= 4 is 41.0 Å². The predicted molar refractivity (Wildman–Crippen MR) is 152 cm³/mol. The van der Waals surface area contributed by atoms with E-state index in [-0.39, 0.29) is 28.7 Å². The van der Waals surface area contributed by atoms with Crippen LogP contribution in [-0.4, -0.2) is 39.9 Å². The molecule has 1 aliphatic carbocycles. The van der Waals surface area contributed by atoms with Gasteiger partial charge in [0, 0.05) is 15.6 Å². The van der Waals surface area contributed by atoms with Crippen LogP contribution in [0.3, 0.4) is 0 Å². The van der Waals surface area contributed by atoms with Gasteiger partial charge in [0.1, 0.15) is 5.82 Å². The minimum Gasteiger partial charge on any atom is -0.478 e. The number of hydrogen-bond acceptors (Lipinski definition) is 6. The molecule has 1 aliphatic heterocycles. The van der Waals surface area contributed by atoms with Gasteiger partial charge in [-0.15, -0.1) is 0 Å². The molecule has 3 aromatic rings. The Bertz CT molecular complexity index is 1550. The zero-order chi connectivity index (χ0) is 30.0. The number of benzene rings is 3. The quantitative estimate of drug-likeness (QED) is 0.192. The number of aromatic carboxylic acids is 1. The average molecular weight is 613 g/mol. The standard InChI is InChI=1S/C30H27Cl2FN4O5/c31-18-9-10-22(23(32)14-18)27-26(28(38)36-42-15-16-11-17(30(40)41)13-19(33)12-16)20-5-1-2-6-21(20)29(39)37(27)25-8-4-3-7-24(25)35-34/h1-2,5-6,9-14,24-27,34H,3-4,7-8,15H2,(H,36,38)(H,40,41)/t24-,25-,26+,27-/m0/s1. The third kappa shape index (κ3) is 5.88. The highest BCUT2D eigenvalue weighted by Crippen LogP contribution is 2.48. The Morgan fingerprint density at radius 2 is 1.83 bits per heavy atom. The van der Waals surface area contributed by atoms with Crippen molar-refractivity contribution in [3.05, 3.63) is 104 Å². The average Bonchev–Trinajstić information content (AvgIpc) is 2.97. The SMILES string of the molecule is N=N[C@H]1CCCC[C@@H]1N1C(=O)c2ccccc2[C@@H](C(=O)NOCc2cc(F)cc(C(=O)O)c2)[C@@H]1c1ccc(Cl)cc1Cl. The molecule has 1 saturated carbocycles. The minimum atomic E-state index is -1.30. The molecule has 9 nitrogen and oxygen atoms in total. The van der Waals surface area contributed by atoms with Gasteiger partial charge in [-0.3, -0.25) is 14.4 Å². The van der Waals surface area contributed by atoms with Crippen LogP contribution in [0.25, 0.3) is 0 Å². The maximum Gasteiger partial charge on any atom is 0.335 e. The number of hydrogen-bond donors (Lipinski definition) is 3. The molecule has 3 N–H and O–H groups in total. The smallest absolute Gasteiger partial charge is 0.335 e. The second-order valence-electron chi connectivity index (χ2n) is 10.3. The summed E-state index contributed by atoms with van der Waals surface area (Å²) in [6.45, 7) is -0.310. The summed E-state index contributed by atoms with van der Waals surface area (Å²) in [6.07, 6.45) is 2.93. The van der Waals surface area contributed by atoms with E-state index in [1.165, 1.54) is 6.07 Å². The highest BCUT2D eigenvalue weighted by molar-refractivity contribution is 6.35. The fourth-order valence-corrected chi connectivity index (χ4v) is 6.47. The van der Waals surface area contributed by atoms with Crippen molar-refractivity contribution in [3.8, 4) is 0 Å². The lowest BCUT2D eigenvalue weighted by molar-refractivity contribution is -0.138. The van der Waals surface area contributed by atoms with Gasteiger partial charge < -0.3 is 10.0 Å². The fourth-order valence-electron chi connectivity index (χ4n) is 5.95. The molecule has 2 amide bonds. The molecule has 1 heterocycles. The number of nitrogens with one attached hydrogen (secondary N) is 2. The number of carbonyl (C=O) groups is 3. The lowest BCUT2D eigenvalue weighted by atomic mass is 9.76. The van der Waals surface area contributed by atoms with Crippen LogP contribution in [0.1, 0.15) is 75.0 Å². The Morgan fingerprint density at radius 1 is 1.07 bits per heavy atom. The van der Waals surface area contributed by atoms with E-state index in [1.807, 2.05) is 0 Å². The molecular formula is C30H27Cl2FN4O5. The summed E-state index contributed by atoms with van der Waals surface area (Å²) in [7, 11) is 0. The van der Waals surface area contributed by atoms with Crippen LogP contribution in [0.15, 0.2) is 65.8 Å². The number of fused-ring (bicyclic) bond motifs is 1. The van der Waals surface area contributed by atoms with Crippen LogP contribution < -0.4 is 5.48 Å². The van der Waals surface area contributed by atoms with Gasteiger partial charge in [-0.05, 0) is 65.9 Å². The van der Waals surface area contributed by atoms with E-state index in [0.717, 1.165) is 25.0 Å². The van der Waals surface area contributed by atoms with E-state index in [9.17, 15) is 23.9 Å². The van der Waals surface area contributed by atoms with Crippen LogP contribution in [-0.2, 0) is 16.2 Å². The molecule has 218 valence electrons. The number of carboxylic acid groups (broad SMARTS) is 1. The zero-order valence-electron chi connectivity index (χ0n) is 22.2. The fraction of sp³-hybridized carbons (Fsp3) is 0.300. The number of carboxylic acids is 1. The molecule has 42 heavy (non-hydrogen) atoms. The summed E-state index contributed by atoms with van der Waals surface area (Å²) in [5, 5.41) is 13.7. The van der Waals surface area contributed by atoms with Gasteiger partial charge in [0.05, 0.1) is 36.2 Å². The Balaban J connectivity index is 1.54. The van der Waals surface area contributed by atoms with Gasteiger partial charge in [-0.25, -0.2) is 20.2 Å². The summed E-state index contributed by atoms with van der Waals surface area (Å²) in [4.78, 5) is 46.5. The van der Waals surface area contributed by atoms with Crippen molar-refractivity contribution in [1.82, 2.24) is 10.4 Å².